The van der Waals surface area contributed by atoms with Crippen molar-refractivity contribution in [3.05, 3.63) is 82.3 Å². The van der Waals surface area contributed by atoms with Crippen molar-refractivity contribution in [1.82, 2.24) is 10.4 Å². The largest absolute Gasteiger partial charge is 0.489 e. The number of nitrogens with one attached hydrogen (secondary N) is 2. The van der Waals surface area contributed by atoms with Gasteiger partial charge in [0, 0.05) is 29.9 Å². The van der Waals surface area contributed by atoms with E-state index in [1.807, 2.05) is 41.6 Å². The molecule has 11 heteroatoms. The zero-order chi connectivity index (χ0) is 26.5. The maximum atomic E-state index is 11.7. The van der Waals surface area contributed by atoms with Crippen molar-refractivity contribution in [2.45, 2.75) is 38.7 Å². The highest BCUT2D eigenvalue weighted by Crippen LogP contribution is 2.40. The van der Waals surface area contributed by atoms with Gasteiger partial charge in [-0.1, -0.05) is 48.8 Å². The van der Waals surface area contributed by atoms with Gasteiger partial charge in [-0.15, -0.1) is 5.11 Å². The van der Waals surface area contributed by atoms with Crippen molar-refractivity contribution < 1.29 is 13.8 Å². The first-order chi connectivity index (χ1) is 18.6. The van der Waals surface area contributed by atoms with Gasteiger partial charge in [0.25, 0.3) is 0 Å². The predicted molar refractivity (Wildman–Crippen MR) is 144 cm³/mol. The van der Waals surface area contributed by atoms with Crippen molar-refractivity contribution in [2.75, 3.05) is 6.54 Å². The Morgan fingerprint density at radius 1 is 1.18 bits per heavy atom. The Bertz CT molecular complexity index is 1340. The molecule has 4 N–H and O–H groups in total. The smallest absolute Gasteiger partial charge is 0.356 e. The number of amidine groups is 1. The molecule has 0 aromatic heterocycles. The quantitative estimate of drug-likeness (QED) is 0.145. The van der Waals surface area contributed by atoms with Crippen molar-refractivity contribution in [3.63, 3.8) is 0 Å². The number of nitrogens with zero attached hydrogens (tertiary/aromatic N) is 4. The van der Waals surface area contributed by atoms with Gasteiger partial charge >= 0.3 is 5.97 Å². The number of benzene rings is 2. The van der Waals surface area contributed by atoms with Crippen molar-refractivity contribution in [2.24, 2.45) is 27.1 Å². The van der Waals surface area contributed by atoms with Crippen LogP contribution in [0.3, 0.4) is 0 Å². The van der Waals surface area contributed by atoms with Crippen LogP contribution in [0.15, 0.2) is 81.0 Å². The number of hydrogen-bond acceptors (Lipinski definition) is 8. The maximum absolute atomic E-state index is 11.7. The van der Waals surface area contributed by atoms with Gasteiger partial charge in [-0.2, -0.15) is 0 Å². The molecule has 196 valence electrons. The summed E-state index contributed by atoms with van der Waals surface area (Å²) in [4.78, 5) is 16.4. The van der Waals surface area contributed by atoms with E-state index in [2.05, 4.69) is 20.1 Å². The van der Waals surface area contributed by atoms with Gasteiger partial charge in [-0.05, 0) is 48.2 Å². The highest BCUT2D eigenvalue weighted by atomic mass is 35.5. The summed E-state index contributed by atoms with van der Waals surface area (Å²) in [6, 6.07) is 14.9. The number of halogens is 1. The molecule has 1 saturated carbocycles. The van der Waals surface area contributed by atoms with E-state index in [0.717, 1.165) is 29.5 Å². The van der Waals surface area contributed by atoms with Crippen LogP contribution in [0, 0.1) is 11.3 Å². The number of fused-ring (bicyclic) bond motifs is 1. The maximum Gasteiger partial charge on any atom is 0.356 e. The van der Waals surface area contributed by atoms with E-state index in [4.69, 9.17) is 32.8 Å². The number of hydrazine groups is 1. The molecule has 38 heavy (non-hydrogen) atoms. The summed E-state index contributed by atoms with van der Waals surface area (Å²) in [5, 5.41) is 17.2. The fourth-order valence-corrected chi connectivity index (χ4v) is 5.22. The number of carbonyl (C=O) groups is 1. The van der Waals surface area contributed by atoms with Gasteiger partial charge in [-0.25, -0.2) is 15.2 Å². The molecule has 0 atom stereocenters. The Labute approximate surface area is 225 Å². The summed E-state index contributed by atoms with van der Waals surface area (Å²) in [5.41, 5.74) is 8.49. The highest BCUT2D eigenvalue weighted by molar-refractivity contribution is 6.15. The van der Waals surface area contributed by atoms with Crippen LogP contribution in [0.1, 0.15) is 53.6 Å². The molecule has 5 rings (SSSR count). The molecule has 0 amide bonds. The Morgan fingerprint density at radius 2 is 1.97 bits per heavy atom. The predicted octanol–water partition coefficient (Wildman–Crippen LogP) is 5.29. The molecule has 0 bridgehead atoms. The lowest BCUT2D eigenvalue weighted by Gasteiger charge is -2.35. The van der Waals surface area contributed by atoms with Crippen LogP contribution in [0.5, 0.6) is 5.75 Å². The summed E-state index contributed by atoms with van der Waals surface area (Å²) in [6.45, 7) is 0.728. The first-order valence-corrected chi connectivity index (χ1v) is 12.8. The van der Waals surface area contributed by atoms with Gasteiger partial charge in [0.15, 0.2) is 11.7 Å². The van der Waals surface area contributed by atoms with Crippen LogP contribution in [-0.2, 0) is 10.9 Å². The number of hydrogen-bond donors (Lipinski definition) is 3. The normalized spacial score (nSPS) is 17.8. The van der Waals surface area contributed by atoms with Crippen LogP contribution < -0.4 is 16.0 Å². The van der Waals surface area contributed by atoms with E-state index < -0.39 is 5.97 Å². The van der Waals surface area contributed by atoms with E-state index in [1.54, 1.807) is 18.2 Å². The lowest BCUT2D eigenvalue weighted by molar-refractivity contribution is 0.0751. The minimum Gasteiger partial charge on any atom is -0.489 e. The SMILES string of the molecule is N=C(N=NN)C1=C2N=CC(c3ccc(OCc4cccc(C(=O)OCl)c4)cc3)=C(C3CCCCC3)N2NC1. The lowest BCUT2D eigenvalue weighted by Crippen LogP contribution is -2.37. The molecule has 10 nitrogen and oxygen atoms in total. The molecular weight excluding hydrogens is 506 g/mol. The lowest BCUT2D eigenvalue weighted by atomic mass is 9.83. The van der Waals surface area contributed by atoms with Crippen LogP contribution >= 0.6 is 11.9 Å². The minimum atomic E-state index is -0.604. The van der Waals surface area contributed by atoms with Crippen molar-refractivity contribution in [1.29, 1.82) is 5.41 Å². The van der Waals surface area contributed by atoms with Crippen LogP contribution in [-0.4, -0.2) is 29.6 Å². The average Bonchev–Trinajstić information content (AvgIpc) is 3.40. The Morgan fingerprint density at radius 3 is 2.71 bits per heavy atom. The number of carbonyl (C=O) groups excluding carboxylic acids is 1. The van der Waals surface area contributed by atoms with E-state index >= 15 is 0 Å². The first-order valence-electron chi connectivity index (χ1n) is 12.5. The van der Waals surface area contributed by atoms with Gasteiger partial charge < -0.3 is 14.9 Å². The number of rotatable bonds is 7. The summed E-state index contributed by atoms with van der Waals surface area (Å²) in [7, 11) is 0. The van der Waals surface area contributed by atoms with Gasteiger partial charge in [0.05, 0.1) is 11.1 Å². The standard InChI is InChI=1S/C27H28ClN7O3/c28-38-27(36)20-8-4-5-17(13-20)16-37-21-11-9-18(10-12-21)22-14-31-26-23(25(29)33-34-30)15-32-35(26)24(22)19-6-2-1-3-7-19/h4-5,8-14,19,32H,1-3,6-7,15-16H2,(H3,29,30,33). The Kier molecular flexibility index (Phi) is 7.81. The third kappa shape index (κ3) is 5.32. The van der Waals surface area contributed by atoms with Crippen LogP contribution in [0.2, 0.25) is 0 Å². The van der Waals surface area contributed by atoms with Crippen LogP contribution in [0.25, 0.3) is 5.57 Å². The van der Waals surface area contributed by atoms with Gasteiger partial charge in [-0.3, -0.25) is 10.4 Å². The summed E-state index contributed by atoms with van der Waals surface area (Å²) < 4.78 is 10.2. The second-order valence-corrected chi connectivity index (χ2v) is 9.46. The van der Waals surface area contributed by atoms with Crippen LogP contribution in [0.4, 0.5) is 0 Å². The molecule has 0 radical (unpaired) electrons. The second-order valence-electron chi connectivity index (χ2n) is 9.31. The molecule has 2 aromatic rings. The third-order valence-electron chi connectivity index (χ3n) is 6.97. The molecule has 2 heterocycles. The van der Waals surface area contributed by atoms with E-state index in [9.17, 15) is 4.79 Å². The molecule has 0 spiro atoms. The Hall–Kier alpha value is -4.02. The first kappa shape index (κ1) is 25.6. The third-order valence-corrected chi connectivity index (χ3v) is 7.11. The topological polar surface area (TPSA) is 138 Å². The minimum absolute atomic E-state index is 0.00711. The summed E-state index contributed by atoms with van der Waals surface area (Å²) >= 11 is 5.19. The highest BCUT2D eigenvalue weighted by Gasteiger charge is 2.35. The number of aliphatic imine (C=N–C) groups is 1. The van der Waals surface area contributed by atoms with Crippen molar-refractivity contribution in [3.8, 4) is 5.75 Å². The second kappa shape index (κ2) is 11.6. The fraction of sp³-hybridized carbons (Fsp3) is 0.296. The molecule has 1 aliphatic carbocycles. The number of ether oxygens (including phenoxy) is 1. The molecular formula is C27H28ClN7O3. The molecule has 1 fully saturated rings. The zero-order valence-electron chi connectivity index (χ0n) is 20.7. The molecule has 0 unspecified atom stereocenters. The average molecular weight is 534 g/mol. The summed E-state index contributed by atoms with van der Waals surface area (Å²) in [5.74, 6) is 6.33. The van der Waals surface area contributed by atoms with Gasteiger partial charge in [0.1, 0.15) is 24.2 Å². The molecule has 2 aliphatic heterocycles. The molecule has 0 saturated heterocycles. The number of nitrogens with two attached hydrogens (primary N) is 1. The molecule has 3 aliphatic rings. The zero-order valence-corrected chi connectivity index (χ0v) is 21.4. The Balaban J connectivity index is 1.39. The number of allylic oxidation sites excluding steroid dienone is 2. The monoisotopic (exact) mass is 533 g/mol. The van der Waals surface area contributed by atoms with Crippen molar-refractivity contribution >= 4 is 35.5 Å². The van der Waals surface area contributed by atoms with E-state index in [-0.39, 0.29) is 5.84 Å². The van der Waals surface area contributed by atoms with E-state index in [0.29, 0.717) is 41.8 Å². The van der Waals surface area contributed by atoms with Gasteiger partial charge in [0.2, 0.25) is 0 Å². The molecule has 2 aromatic carbocycles. The van der Waals surface area contributed by atoms with E-state index in [1.165, 1.54) is 25.0 Å². The fourth-order valence-electron chi connectivity index (χ4n) is 5.13. The summed E-state index contributed by atoms with van der Waals surface area (Å²) in [6.07, 6.45) is 7.71.